The number of ether oxygens (including phenoxy) is 1. The van der Waals surface area contributed by atoms with Crippen LogP contribution in [0.15, 0.2) is 53.7 Å². The molecular formula is C24H33N5O4S. The minimum Gasteiger partial charge on any atom is -0.475 e. The molecule has 0 aliphatic carbocycles. The summed E-state index contributed by atoms with van der Waals surface area (Å²) in [4.78, 5) is 28.0. The van der Waals surface area contributed by atoms with Crippen molar-refractivity contribution in [1.29, 1.82) is 0 Å². The van der Waals surface area contributed by atoms with E-state index >= 15 is 0 Å². The Hall–Kier alpha value is -3.53. The van der Waals surface area contributed by atoms with E-state index in [4.69, 9.17) is 4.74 Å². The van der Waals surface area contributed by atoms with Crippen molar-refractivity contribution in [2.24, 2.45) is 0 Å². The van der Waals surface area contributed by atoms with Gasteiger partial charge in [-0.05, 0) is 65.0 Å². The van der Waals surface area contributed by atoms with E-state index in [9.17, 15) is 13.2 Å². The molecule has 0 saturated carbocycles. The Bertz CT molecular complexity index is 1270. The second-order valence-corrected chi connectivity index (χ2v) is 9.47. The molecule has 0 bridgehead atoms. The second-order valence-electron chi connectivity index (χ2n) is 7.84. The molecule has 0 aliphatic rings. The largest absolute Gasteiger partial charge is 0.475 e. The maximum Gasteiger partial charge on any atom is 0.281 e. The van der Waals surface area contributed by atoms with Gasteiger partial charge in [-0.25, -0.2) is 19.7 Å². The zero-order valence-electron chi connectivity index (χ0n) is 19.9. The number of nitrogens with one attached hydrogen (secondary N) is 1. The summed E-state index contributed by atoms with van der Waals surface area (Å²) in [6.07, 6.45) is 1.66. The lowest BCUT2D eigenvalue weighted by atomic mass is 10.1. The first-order valence-electron chi connectivity index (χ1n) is 11.0. The van der Waals surface area contributed by atoms with Crippen LogP contribution in [0.5, 0.6) is 5.88 Å². The van der Waals surface area contributed by atoms with Crippen LogP contribution < -0.4 is 14.4 Å². The lowest BCUT2D eigenvalue weighted by Crippen LogP contribution is -2.34. The van der Waals surface area contributed by atoms with Crippen LogP contribution >= 0.6 is 0 Å². The molecule has 10 heteroatoms. The van der Waals surface area contributed by atoms with Gasteiger partial charge in [0, 0.05) is 39.5 Å². The second kappa shape index (κ2) is 10.6. The number of carbonyl (C=O) groups excluding carboxylic acids is 1. The minimum absolute atomic E-state index is 0. The lowest BCUT2D eigenvalue weighted by Gasteiger charge is -2.23. The zero-order chi connectivity index (χ0) is 24.9. The van der Waals surface area contributed by atoms with Gasteiger partial charge in [-0.1, -0.05) is 6.07 Å². The topological polar surface area (TPSA) is 114 Å². The van der Waals surface area contributed by atoms with E-state index in [1.165, 1.54) is 6.07 Å². The molecule has 34 heavy (non-hydrogen) atoms. The molecule has 0 aromatic carbocycles. The van der Waals surface area contributed by atoms with Gasteiger partial charge in [-0.2, -0.15) is 8.42 Å². The first-order chi connectivity index (χ1) is 16.1. The van der Waals surface area contributed by atoms with Crippen LogP contribution in [0.25, 0.3) is 11.3 Å². The van der Waals surface area contributed by atoms with Crippen molar-refractivity contribution in [1.82, 2.24) is 19.7 Å². The highest BCUT2D eigenvalue weighted by Crippen LogP contribution is 2.26. The Kier molecular flexibility index (Phi) is 7.83. The van der Waals surface area contributed by atoms with Crippen LogP contribution in [0.4, 0.5) is 5.82 Å². The Balaban J connectivity index is 0.00000324. The summed E-state index contributed by atoms with van der Waals surface area (Å²) in [5.41, 5.74) is 2.03. The molecule has 3 aromatic rings. The normalized spacial score (nSPS) is 11.4. The maximum atomic E-state index is 13.1. The molecule has 0 saturated heterocycles. The van der Waals surface area contributed by atoms with Gasteiger partial charge in [-0.3, -0.25) is 4.79 Å². The molecule has 0 spiro atoms. The summed E-state index contributed by atoms with van der Waals surface area (Å²) in [5, 5.41) is -0.218. The van der Waals surface area contributed by atoms with Crippen LogP contribution in [0.3, 0.4) is 0 Å². The summed E-state index contributed by atoms with van der Waals surface area (Å²) in [6, 6.07) is 11.4. The van der Waals surface area contributed by atoms with Gasteiger partial charge >= 0.3 is 0 Å². The molecule has 1 N–H and O–H groups in total. The van der Waals surface area contributed by atoms with Crippen molar-refractivity contribution >= 4 is 21.7 Å². The number of anilines is 1. The zero-order valence-corrected chi connectivity index (χ0v) is 20.8. The summed E-state index contributed by atoms with van der Waals surface area (Å²) in [5.74, 6) is 0.117. The average molecular weight is 488 g/mol. The number of hydrogen-bond acceptors (Lipinski definition) is 8. The highest BCUT2D eigenvalue weighted by Gasteiger charge is 2.24. The van der Waals surface area contributed by atoms with Gasteiger partial charge in [0.1, 0.15) is 5.82 Å². The summed E-state index contributed by atoms with van der Waals surface area (Å²) in [7, 11) is -4.14. The van der Waals surface area contributed by atoms with E-state index < -0.39 is 15.9 Å². The number of aryl methyl sites for hydroxylation is 1. The Morgan fingerprint density at radius 1 is 1.09 bits per heavy atom. The van der Waals surface area contributed by atoms with Crippen LogP contribution in [0, 0.1) is 6.92 Å². The average Bonchev–Trinajstić information content (AvgIpc) is 2.79. The van der Waals surface area contributed by atoms with Crippen molar-refractivity contribution in [3.05, 3.63) is 59.9 Å². The number of hydrogen-bond donors (Lipinski definition) is 1. The molecule has 3 rings (SSSR count). The number of pyridine rings is 3. The molecule has 3 heterocycles. The minimum atomic E-state index is -4.14. The van der Waals surface area contributed by atoms with Gasteiger partial charge in [0.2, 0.25) is 5.88 Å². The van der Waals surface area contributed by atoms with Crippen LogP contribution in [-0.4, -0.2) is 48.5 Å². The number of amides is 1. The molecule has 184 valence electrons. The van der Waals surface area contributed by atoms with Crippen LogP contribution in [-0.2, 0) is 10.0 Å². The van der Waals surface area contributed by atoms with Gasteiger partial charge in [0.15, 0.2) is 5.03 Å². The van der Waals surface area contributed by atoms with E-state index in [1.807, 2.05) is 38.7 Å². The first kappa shape index (κ1) is 25.1. The van der Waals surface area contributed by atoms with E-state index in [1.54, 1.807) is 43.5 Å². The highest BCUT2D eigenvalue weighted by molar-refractivity contribution is 7.90. The number of aromatic nitrogens is 3. The number of nitrogens with zero attached hydrogens (tertiary/aromatic N) is 4. The van der Waals surface area contributed by atoms with E-state index in [0.717, 1.165) is 5.56 Å². The van der Waals surface area contributed by atoms with Gasteiger partial charge in [0.25, 0.3) is 15.9 Å². The monoisotopic (exact) mass is 487 g/mol. The van der Waals surface area contributed by atoms with Gasteiger partial charge in [-0.15, -0.1) is 0 Å². The van der Waals surface area contributed by atoms with E-state index in [2.05, 4.69) is 19.7 Å². The molecule has 3 aromatic heterocycles. The fourth-order valence-electron chi connectivity index (χ4n) is 3.29. The molecule has 0 fully saturated rings. The Morgan fingerprint density at radius 2 is 1.82 bits per heavy atom. The molecular weight excluding hydrogens is 454 g/mol. The van der Waals surface area contributed by atoms with Crippen molar-refractivity contribution in [2.45, 2.75) is 45.7 Å². The highest BCUT2D eigenvalue weighted by atomic mass is 32.2. The Morgan fingerprint density at radius 3 is 2.41 bits per heavy atom. The van der Waals surface area contributed by atoms with Crippen LogP contribution in [0.2, 0.25) is 0 Å². The first-order valence-corrected chi connectivity index (χ1v) is 12.5. The lowest BCUT2D eigenvalue weighted by molar-refractivity contribution is 0.0981. The van der Waals surface area contributed by atoms with Crippen molar-refractivity contribution in [3.63, 3.8) is 0 Å². The van der Waals surface area contributed by atoms with Gasteiger partial charge < -0.3 is 9.64 Å². The third kappa shape index (κ3) is 5.88. The fraction of sp³-hybridized carbons (Fsp3) is 0.333. The summed E-state index contributed by atoms with van der Waals surface area (Å²) < 4.78 is 33.2. The van der Waals surface area contributed by atoms with Crippen molar-refractivity contribution in [3.8, 4) is 17.1 Å². The molecule has 0 atom stereocenters. The molecule has 0 aliphatic heterocycles. The summed E-state index contributed by atoms with van der Waals surface area (Å²) >= 11 is 0. The van der Waals surface area contributed by atoms with Crippen molar-refractivity contribution in [2.75, 3.05) is 18.0 Å². The predicted molar refractivity (Wildman–Crippen MR) is 135 cm³/mol. The quantitative estimate of drug-likeness (QED) is 0.480. The van der Waals surface area contributed by atoms with Crippen molar-refractivity contribution < 1.29 is 20.8 Å². The standard InChI is InChI=1S/C24H29N5O4S.2H2/c1-6-29(7-2)23-19(24(30)28-34(31,32)22-10-8-9-17(5)26-22)12-13-20(27-23)18-11-14-21(25-15-18)33-16(3)4;;/h8-16H,6-7H2,1-5H3,(H,28,30);2*1H. The maximum absolute atomic E-state index is 13.1. The number of rotatable bonds is 9. The van der Waals surface area contributed by atoms with Gasteiger partial charge in [0.05, 0.1) is 17.4 Å². The molecule has 0 unspecified atom stereocenters. The third-order valence-corrected chi connectivity index (χ3v) is 6.17. The molecule has 9 nitrogen and oxygen atoms in total. The Labute approximate surface area is 203 Å². The SMILES string of the molecule is CCN(CC)c1nc(-c2ccc(OC(C)C)nc2)ccc1C(=O)NS(=O)(=O)c1cccc(C)n1.[HH].[HH]. The molecule has 0 radical (unpaired) electrons. The third-order valence-electron chi connectivity index (χ3n) is 4.94. The molecule has 1 amide bonds. The predicted octanol–water partition coefficient (Wildman–Crippen LogP) is 4.09. The fourth-order valence-corrected chi connectivity index (χ4v) is 4.27. The van der Waals surface area contributed by atoms with Crippen LogP contribution in [0.1, 0.15) is 46.6 Å². The smallest absolute Gasteiger partial charge is 0.281 e. The van der Waals surface area contributed by atoms with E-state index in [0.29, 0.717) is 36.2 Å². The van der Waals surface area contributed by atoms with E-state index in [-0.39, 0.29) is 19.5 Å². The number of carbonyl (C=O) groups is 1. The number of sulfonamides is 1. The summed E-state index contributed by atoms with van der Waals surface area (Å²) in [6.45, 7) is 10.6.